The van der Waals surface area contributed by atoms with Gasteiger partial charge >= 0.3 is 0 Å². The number of pyridine rings is 1. The second kappa shape index (κ2) is 4.91. The predicted octanol–water partition coefficient (Wildman–Crippen LogP) is 2.69. The van der Waals surface area contributed by atoms with Crippen LogP contribution in [-0.4, -0.2) is 24.9 Å². The Hall–Kier alpha value is -1.66. The first-order valence-electron chi connectivity index (χ1n) is 5.20. The molecule has 7 heteroatoms. The van der Waals surface area contributed by atoms with Gasteiger partial charge in [-0.1, -0.05) is 29.4 Å². The molecule has 0 amide bonds. The van der Waals surface area contributed by atoms with Gasteiger partial charge in [-0.05, 0) is 11.6 Å². The standard InChI is InChI=1S/C11H8ClN5S/c12-8-2-1-7(3-13-8)4-18-11-9-10(15-5-14-9)16-6-17-11/h1-3,5-6H,4H2,(H,14,15,16,17). The van der Waals surface area contributed by atoms with Crippen molar-refractivity contribution in [2.75, 3.05) is 0 Å². The summed E-state index contributed by atoms with van der Waals surface area (Å²) in [6.07, 6.45) is 4.90. The third-order valence-corrected chi connectivity index (χ3v) is 3.64. The van der Waals surface area contributed by atoms with Crippen molar-refractivity contribution in [3.05, 3.63) is 41.7 Å². The zero-order chi connectivity index (χ0) is 12.4. The molecule has 3 rings (SSSR count). The summed E-state index contributed by atoms with van der Waals surface area (Å²) >= 11 is 7.35. The van der Waals surface area contributed by atoms with Crippen molar-refractivity contribution in [2.45, 2.75) is 10.8 Å². The van der Waals surface area contributed by atoms with Gasteiger partial charge in [-0.2, -0.15) is 0 Å². The molecule has 0 radical (unpaired) electrons. The molecule has 5 nitrogen and oxygen atoms in total. The van der Waals surface area contributed by atoms with Gasteiger partial charge in [0.25, 0.3) is 0 Å². The molecule has 3 heterocycles. The number of H-pyrrole nitrogens is 1. The second-order valence-electron chi connectivity index (χ2n) is 3.56. The zero-order valence-electron chi connectivity index (χ0n) is 9.17. The minimum absolute atomic E-state index is 0.502. The van der Waals surface area contributed by atoms with Gasteiger partial charge in [-0.25, -0.2) is 19.9 Å². The first kappa shape index (κ1) is 11.4. The van der Waals surface area contributed by atoms with Gasteiger partial charge in [0.15, 0.2) is 5.65 Å². The highest BCUT2D eigenvalue weighted by Gasteiger charge is 2.06. The number of thioether (sulfide) groups is 1. The molecule has 0 bridgehead atoms. The first-order chi connectivity index (χ1) is 8.83. The summed E-state index contributed by atoms with van der Waals surface area (Å²) < 4.78 is 0. The molecular formula is C11H8ClN5S. The van der Waals surface area contributed by atoms with E-state index in [2.05, 4.69) is 24.9 Å². The van der Waals surface area contributed by atoms with Gasteiger partial charge in [-0.15, -0.1) is 0 Å². The SMILES string of the molecule is Clc1ccc(CSc2ncnc3nc[nH]c23)cn1. The normalized spacial score (nSPS) is 10.9. The molecule has 0 fully saturated rings. The summed E-state index contributed by atoms with van der Waals surface area (Å²) in [4.78, 5) is 19.5. The number of nitrogens with one attached hydrogen (secondary N) is 1. The van der Waals surface area contributed by atoms with E-state index in [0.717, 1.165) is 21.9 Å². The molecule has 0 atom stereocenters. The maximum atomic E-state index is 5.74. The van der Waals surface area contributed by atoms with Crippen molar-refractivity contribution in [3.8, 4) is 0 Å². The van der Waals surface area contributed by atoms with Crippen molar-refractivity contribution >= 4 is 34.5 Å². The maximum Gasteiger partial charge on any atom is 0.181 e. The Morgan fingerprint density at radius 3 is 2.94 bits per heavy atom. The van der Waals surface area contributed by atoms with E-state index in [1.165, 1.54) is 6.33 Å². The van der Waals surface area contributed by atoms with Gasteiger partial charge in [-0.3, -0.25) is 0 Å². The van der Waals surface area contributed by atoms with E-state index >= 15 is 0 Å². The van der Waals surface area contributed by atoms with E-state index < -0.39 is 0 Å². The summed E-state index contributed by atoms with van der Waals surface area (Å²) in [6.45, 7) is 0. The van der Waals surface area contributed by atoms with Crippen LogP contribution in [-0.2, 0) is 5.75 Å². The molecule has 3 aromatic rings. The van der Waals surface area contributed by atoms with Gasteiger partial charge in [0.05, 0.1) is 6.33 Å². The quantitative estimate of drug-likeness (QED) is 0.453. The Labute approximate surface area is 112 Å². The average molecular weight is 278 g/mol. The van der Waals surface area contributed by atoms with E-state index in [1.54, 1.807) is 30.4 Å². The number of aromatic amines is 1. The summed E-state index contributed by atoms with van der Waals surface area (Å²) in [5.41, 5.74) is 2.64. The van der Waals surface area contributed by atoms with Crippen LogP contribution in [0.5, 0.6) is 0 Å². The Morgan fingerprint density at radius 2 is 2.11 bits per heavy atom. The number of aromatic nitrogens is 5. The molecule has 1 N–H and O–H groups in total. The topological polar surface area (TPSA) is 67.3 Å². The van der Waals surface area contributed by atoms with Crippen LogP contribution in [0.4, 0.5) is 0 Å². The average Bonchev–Trinajstić information content (AvgIpc) is 2.87. The molecule has 0 spiro atoms. The van der Waals surface area contributed by atoms with Gasteiger partial charge < -0.3 is 4.98 Å². The fourth-order valence-electron chi connectivity index (χ4n) is 1.50. The Balaban J connectivity index is 1.80. The minimum Gasteiger partial charge on any atom is -0.341 e. The number of nitrogens with zero attached hydrogens (tertiary/aromatic N) is 4. The number of hydrogen-bond acceptors (Lipinski definition) is 5. The van der Waals surface area contributed by atoms with Crippen molar-refractivity contribution in [3.63, 3.8) is 0 Å². The first-order valence-corrected chi connectivity index (χ1v) is 6.56. The summed E-state index contributed by atoms with van der Waals surface area (Å²) in [7, 11) is 0. The molecule has 0 saturated carbocycles. The molecule has 0 saturated heterocycles. The molecule has 0 unspecified atom stereocenters. The van der Waals surface area contributed by atoms with Crippen molar-refractivity contribution in [1.29, 1.82) is 0 Å². The minimum atomic E-state index is 0.502. The van der Waals surface area contributed by atoms with Crippen LogP contribution in [0.1, 0.15) is 5.56 Å². The van der Waals surface area contributed by atoms with Crippen LogP contribution in [0.25, 0.3) is 11.2 Å². The fraction of sp³-hybridized carbons (Fsp3) is 0.0909. The third-order valence-electron chi connectivity index (χ3n) is 2.35. The molecule has 0 aliphatic heterocycles. The zero-order valence-corrected chi connectivity index (χ0v) is 10.7. The van der Waals surface area contributed by atoms with E-state index in [0.29, 0.717) is 10.8 Å². The molecule has 3 aromatic heterocycles. The molecule has 90 valence electrons. The van der Waals surface area contributed by atoms with Crippen LogP contribution in [0.15, 0.2) is 36.0 Å². The van der Waals surface area contributed by atoms with E-state index in [9.17, 15) is 0 Å². The smallest absolute Gasteiger partial charge is 0.181 e. The van der Waals surface area contributed by atoms with Crippen molar-refractivity contribution in [2.24, 2.45) is 0 Å². The van der Waals surface area contributed by atoms with Gasteiger partial charge in [0, 0.05) is 11.9 Å². The fourth-order valence-corrected chi connectivity index (χ4v) is 2.50. The van der Waals surface area contributed by atoms with Crippen LogP contribution in [0.2, 0.25) is 5.15 Å². The Kier molecular flexibility index (Phi) is 3.12. The van der Waals surface area contributed by atoms with Crippen LogP contribution in [0, 0.1) is 0 Å². The van der Waals surface area contributed by atoms with E-state index in [4.69, 9.17) is 11.6 Å². The third kappa shape index (κ3) is 2.30. The lowest BCUT2D eigenvalue weighted by atomic mass is 10.3. The predicted molar refractivity (Wildman–Crippen MR) is 70.5 cm³/mol. The molecule has 18 heavy (non-hydrogen) atoms. The molecular weight excluding hydrogens is 270 g/mol. The lowest BCUT2D eigenvalue weighted by molar-refractivity contribution is 1.08. The lowest BCUT2D eigenvalue weighted by Crippen LogP contribution is -1.88. The number of imidazole rings is 1. The largest absolute Gasteiger partial charge is 0.341 e. The molecule has 0 aliphatic carbocycles. The van der Waals surface area contributed by atoms with Crippen molar-refractivity contribution in [1.82, 2.24) is 24.9 Å². The van der Waals surface area contributed by atoms with E-state index in [1.807, 2.05) is 6.07 Å². The molecule has 0 aliphatic rings. The highest BCUT2D eigenvalue weighted by atomic mass is 35.5. The highest BCUT2D eigenvalue weighted by molar-refractivity contribution is 7.98. The monoisotopic (exact) mass is 277 g/mol. The molecule has 0 aromatic carbocycles. The number of hydrogen-bond donors (Lipinski definition) is 1. The second-order valence-corrected chi connectivity index (χ2v) is 4.91. The van der Waals surface area contributed by atoms with Crippen LogP contribution in [0.3, 0.4) is 0 Å². The summed E-state index contributed by atoms with van der Waals surface area (Å²) in [6, 6.07) is 3.73. The number of rotatable bonds is 3. The summed E-state index contributed by atoms with van der Waals surface area (Å²) in [5.74, 6) is 0.773. The van der Waals surface area contributed by atoms with Crippen LogP contribution >= 0.6 is 23.4 Å². The Morgan fingerprint density at radius 1 is 1.17 bits per heavy atom. The van der Waals surface area contributed by atoms with Gasteiger partial charge in [0.1, 0.15) is 22.0 Å². The maximum absolute atomic E-state index is 5.74. The number of fused-ring (bicyclic) bond motifs is 1. The van der Waals surface area contributed by atoms with Gasteiger partial charge in [0.2, 0.25) is 0 Å². The lowest BCUT2D eigenvalue weighted by Gasteiger charge is -2.01. The van der Waals surface area contributed by atoms with Crippen LogP contribution < -0.4 is 0 Å². The number of halogens is 1. The van der Waals surface area contributed by atoms with Crippen molar-refractivity contribution < 1.29 is 0 Å². The Bertz CT molecular complexity index is 667. The van der Waals surface area contributed by atoms with E-state index in [-0.39, 0.29) is 0 Å². The highest BCUT2D eigenvalue weighted by Crippen LogP contribution is 2.25. The summed E-state index contributed by atoms with van der Waals surface area (Å²) in [5, 5.41) is 1.38.